The van der Waals surface area contributed by atoms with E-state index in [4.69, 9.17) is 9.47 Å². The van der Waals surface area contributed by atoms with Crippen molar-refractivity contribution < 1.29 is 9.47 Å². The molecule has 0 amide bonds. The van der Waals surface area contributed by atoms with Crippen molar-refractivity contribution in [2.45, 2.75) is 6.61 Å². The van der Waals surface area contributed by atoms with Gasteiger partial charge in [0.25, 0.3) is 0 Å². The fraction of sp³-hybridized carbons (Fsp3) is 0.0204. The van der Waals surface area contributed by atoms with Crippen LogP contribution in [0.4, 0.5) is 0 Å². The Hall–Kier alpha value is -5.78. The number of hydrogen-bond acceptors (Lipinski definition) is 2. The molecule has 0 aromatic heterocycles. The van der Waals surface area contributed by atoms with Crippen LogP contribution in [0, 0.1) is 0 Å². The zero-order valence-electron chi connectivity index (χ0n) is 29.2. The fourth-order valence-corrected chi connectivity index (χ4v) is 11.6. The number of para-hydroxylation sites is 1. The van der Waals surface area contributed by atoms with Crippen LogP contribution in [0.5, 0.6) is 17.2 Å². The molecule has 0 aliphatic carbocycles. The normalized spacial score (nSPS) is 11.1. The van der Waals surface area contributed by atoms with Crippen molar-refractivity contribution in [2.75, 3.05) is 0 Å². The zero-order valence-corrected chi connectivity index (χ0v) is 31.0. The van der Waals surface area contributed by atoms with E-state index < -0.39 is 15.8 Å². The smallest absolute Gasteiger partial charge is 0.136 e. The molecule has 0 N–H and O–H groups in total. The Bertz CT molecular complexity index is 2270. The Morgan fingerprint density at radius 2 is 0.679 bits per heavy atom. The van der Waals surface area contributed by atoms with E-state index in [0.29, 0.717) is 6.61 Å². The molecule has 0 heterocycles. The fourth-order valence-electron chi connectivity index (χ4n) is 6.63. The topological polar surface area (TPSA) is 18.5 Å². The molecular formula is C49H38O2P2. The van der Waals surface area contributed by atoms with Gasteiger partial charge in [-0.1, -0.05) is 194 Å². The third-order valence-corrected chi connectivity index (χ3v) is 14.0. The molecule has 53 heavy (non-hydrogen) atoms. The van der Waals surface area contributed by atoms with Crippen LogP contribution in [0.1, 0.15) is 5.56 Å². The van der Waals surface area contributed by atoms with E-state index in [1.165, 1.54) is 31.8 Å². The van der Waals surface area contributed by atoms with Crippen LogP contribution in [-0.2, 0) is 6.61 Å². The summed E-state index contributed by atoms with van der Waals surface area (Å²) in [5.74, 6) is 2.40. The maximum absolute atomic E-state index is 6.95. The lowest BCUT2D eigenvalue weighted by Crippen LogP contribution is -2.26. The first-order valence-electron chi connectivity index (χ1n) is 17.8. The SMILES string of the molecule is c1ccc(COc2cccc(P(c3ccccc3)c3ccccc3)c2-c2c(Oc3ccccc3)cccc2P(c2ccccc2)c2ccccc2)cc1. The minimum Gasteiger partial charge on any atom is -0.488 e. The van der Waals surface area contributed by atoms with Gasteiger partial charge < -0.3 is 9.47 Å². The van der Waals surface area contributed by atoms with Gasteiger partial charge >= 0.3 is 0 Å². The minimum absolute atomic E-state index is 0.440. The van der Waals surface area contributed by atoms with Crippen LogP contribution < -0.4 is 41.3 Å². The van der Waals surface area contributed by atoms with Crippen LogP contribution >= 0.6 is 15.8 Å². The molecular weight excluding hydrogens is 682 g/mol. The van der Waals surface area contributed by atoms with Gasteiger partial charge in [0.1, 0.15) is 23.9 Å². The van der Waals surface area contributed by atoms with Gasteiger partial charge in [-0.15, -0.1) is 0 Å². The Labute approximate surface area is 314 Å². The molecule has 0 radical (unpaired) electrons. The van der Waals surface area contributed by atoms with Crippen molar-refractivity contribution in [2.24, 2.45) is 0 Å². The molecule has 0 bridgehead atoms. The van der Waals surface area contributed by atoms with Gasteiger partial charge in [0.2, 0.25) is 0 Å². The summed E-state index contributed by atoms with van der Waals surface area (Å²) >= 11 is 0. The van der Waals surface area contributed by atoms with E-state index in [0.717, 1.165) is 33.9 Å². The van der Waals surface area contributed by atoms with Crippen LogP contribution in [0.3, 0.4) is 0 Å². The predicted octanol–water partition coefficient (Wildman–Crippen LogP) is 10.2. The van der Waals surface area contributed by atoms with E-state index in [1.54, 1.807) is 0 Å². The highest BCUT2D eigenvalue weighted by Gasteiger charge is 2.30. The van der Waals surface area contributed by atoms with Crippen molar-refractivity contribution in [3.8, 4) is 28.4 Å². The van der Waals surface area contributed by atoms with E-state index in [2.05, 4.69) is 182 Å². The van der Waals surface area contributed by atoms with Gasteiger partial charge in [0.15, 0.2) is 0 Å². The second-order valence-electron chi connectivity index (χ2n) is 12.5. The van der Waals surface area contributed by atoms with Crippen molar-refractivity contribution in [3.63, 3.8) is 0 Å². The first-order valence-corrected chi connectivity index (χ1v) is 20.5. The summed E-state index contributed by atoms with van der Waals surface area (Å²) in [7, 11) is -2.03. The summed E-state index contributed by atoms with van der Waals surface area (Å²) < 4.78 is 13.9. The molecule has 0 aliphatic heterocycles. The lowest BCUT2D eigenvalue weighted by atomic mass is 10.0. The molecule has 0 saturated heterocycles. The molecule has 256 valence electrons. The van der Waals surface area contributed by atoms with Crippen molar-refractivity contribution in [3.05, 3.63) is 224 Å². The maximum Gasteiger partial charge on any atom is 0.136 e. The van der Waals surface area contributed by atoms with Crippen molar-refractivity contribution in [1.29, 1.82) is 0 Å². The summed E-state index contributed by atoms with van der Waals surface area (Å²) in [6.07, 6.45) is 0. The third-order valence-electron chi connectivity index (χ3n) is 9.01. The van der Waals surface area contributed by atoms with Crippen molar-refractivity contribution in [1.82, 2.24) is 0 Å². The van der Waals surface area contributed by atoms with E-state index in [9.17, 15) is 0 Å². The number of benzene rings is 8. The van der Waals surface area contributed by atoms with E-state index in [-0.39, 0.29) is 0 Å². The first kappa shape index (κ1) is 34.3. The van der Waals surface area contributed by atoms with Crippen LogP contribution in [0.25, 0.3) is 11.1 Å². The molecule has 0 aliphatic rings. The van der Waals surface area contributed by atoms with E-state index in [1.807, 2.05) is 36.4 Å². The quantitative estimate of drug-likeness (QED) is 0.117. The summed E-state index contributed by atoms with van der Waals surface area (Å²) in [4.78, 5) is 0. The summed E-state index contributed by atoms with van der Waals surface area (Å²) in [5, 5.41) is 7.50. The van der Waals surface area contributed by atoms with Gasteiger partial charge in [0.05, 0.1) is 0 Å². The summed E-state index contributed by atoms with van der Waals surface area (Å²) in [5.41, 5.74) is 3.22. The molecule has 0 saturated carbocycles. The Morgan fingerprint density at radius 1 is 0.321 bits per heavy atom. The molecule has 4 heteroatoms. The van der Waals surface area contributed by atoms with Gasteiger partial charge in [-0.2, -0.15) is 0 Å². The highest BCUT2D eigenvalue weighted by atomic mass is 31.1. The van der Waals surface area contributed by atoms with Gasteiger partial charge in [-0.3, -0.25) is 0 Å². The zero-order chi connectivity index (χ0) is 35.7. The monoisotopic (exact) mass is 720 g/mol. The predicted molar refractivity (Wildman–Crippen MR) is 227 cm³/mol. The molecule has 0 unspecified atom stereocenters. The summed E-state index contributed by atoms with van der Waals surface area (Å²) in [6.45, 7) is 0.440. The number of hydrogen-bond donors (Lipinski definition) is 0. The average Bonchev–Trinajstić information content (AvgIpc) is 3.23. The standard InChI is InChI=1S/C49H38O2P2/c1-7-21-38(22-8-1)37-50-44-33-19-35-46(52(40-25-11-3-12-26-40)41-27-13-4-14-28-41)48(44)49-45(51-39-23-9-2-10-24-39)34-20-36-47(49)53(42-29-15-5-16-30-42)43-31-17-6-18-32-43/h1-36H,37H2. The van der Waals surface area contributed by atoms with Crippen LogP contribution in [0.2, 0.25) is 0 Å². The second kappa shape index (κ2) is 16.7. The van der Waals surface area contributed by atoms with Crippen LogP contribution in [-0.4, -0.2) is 0 Å². The molecule has 0 atom stereocenters. The lowest BCUT2D eigenvalue weighted by Gasteiger charge is -2.29. The van der Waals surface area contributed by atoms with E-state index >= 15 is 0 Å². The number of rotatable bonds is 12. The Morgan fingerprint density at radius 3 is 1.11 bits per heavy atom. The third kappa shape index (κ3) is 7.86. The molecule has 8 aromatic carbocycles. The Balaban J connectivity index is 1.45. The average molecular weight is 721 g/mol. The molecule has 0 spiro atoms. The maximum atomic E-state index is 6.95. The lowest BCUT2D eigenvalue weighted by molar-refractivity contribution is 0.307. The van der Waals surface area contributed by atoms with Gasteiger partial charge in [-0.05, 0) is 77.5 Å². The summed E-state index contributed by atoms with van der Waals surface area (Å²) in [6, 6.07) is 77.2. The molecule has 8 rings (SSSR count). The largest absolute Gasteiger partial charge is 0.488 e. The number of ether oxygens (including phenoxy) is 2. The first-order chi connectivity index (χ1) is 26.3. The highest BCUT2D eigenvalue weighted by molar-refractivity contribution is 7.80. The molecule has 8 aromatic rings. The minimum atomic E-state index is -1.02. The van der Waals surface area contributed by atoms with Crippen molar-refractivity contribution >= 4 is 47.7 Å². The highest BCUT2D eigenvalue weighted by Crippen LogP contribution is 2.47. The van der Waals surface area contributed by atoms with Gasteiger partial charge in [-0.25, -0.2) is 0 Å². The molecule has 0 fully saturated rings. The molecule has 2 nitrogen and oxygen atoms in total. The van der Waals surface area contributed by atoms with Crippen LogP contribution in [0.15, 0.2) is 218 Å². The second-order valence-corrected chi connectivity index (χ2v) is 16.9. The van der Waals surface area contributed by atoms with Gasteiger partial charge in [0, 0.05) is 11.1 Å². The Kier molecular flexibility index (Phi) is 10.8.